The summed E-state index contributed by atoms with van der Waals surface area (Å²) < 4.78 is 2.04. The van der Waals surface area contributed by atoms with E-state index in [1.165, 1.54) is 6.08 Å². The number of fused-ring (bicyclic) bond motifs is 1. The van der Waals surface area contributed by atoms with Crippen LogP contribution in [-0.2, 0) is 29.1 Å². The smallest absolute Gasteiger partial charge is 0.243 e. The fraction of sp³-hybridized carbons (Fsp3) is 0.290. The molecular weight excluding hydrogens is 538 g/mol. The van der Waals surface area contributed by atoms with E-state index >= 15 is 0 Å². The minimum atomic E-state index is -0.447. The highest BCUT2D eigenvalue weighted by Gasteiger charge is 2.32. The Bertz CT molecular complexity index is 1610. The second kappa shape index (κ2) is 11.2. The number of halogens is 1. The lowest BCUT2D eigenvalue weighted by molar-refractivity contribution is -0.119. The van der Waals surface area contributed by atoms with Gasteiger partial charge in [-0.3, -0.25) is 29.1 Å². The van der Waals surface area contributed by atoms with E-state index < -0.39 is 5.92 Å². The molecule has 0 saturated carbocycles. The van der Waals surface area contributed by atoms with Gasteiger partial charge in [0.15, 0.2) is 0 Å². The molecule has 2 amide bonds. The standard InChI is InChI=1S/C31H32ClN7O2/c1-6-29(40)36-15-22-9-7-21(14-33-22)26-10-8-20(13-34-26)19(2)30(41)38(5)28-11-23(25(32)17-35-28)24-16-37-39-18-31(3,4)12-27(24)39/h6-11,13-14,16-17,19H,1,12,15,18H2,2-5H3,(H,36,40)/t19-/m1/s1. The van der Waals surface area contributed by atoms with E-state index in [0.29, 0.717) is 17.4 Å². The maximum atomic E-state index is 13.5. The van der Waals surface area contributed by atoms with Crippen molar-refractivity contribution in [3.63, 3.8) is 0 Å². The summed E-state index contributed by atoms with van der Waals surface area (Å²) in [4.78, 5) is 39.8. The van der Waals surface area contributed by atoms with Crippen molar-refractivity contribution in [3.05, 3.63) is 89.7 Å². The van der Waals surface area contributed by atoms with Gasteiger partial charge in [-0.15, -0.1) is 0 Å². The molecule has 1 aliphatic heterocycles. The summed E-state index contributed by atoms with van der Waals surface area (Å²) in [6.07, 6.45) is 8.98. The molecule has 1 N–H and O–H groups in total. The quantitative estimate of drug-likeness (QED) is 0.292. The lowest BCUT2D eigenvalue weighted by Gasteiger charge is -2.22. The van der Waals surface area contributed by atoms with Gasteiger partial charge in [-0.2, -0.15) is 5.10 Å². The molecule has 0 aromatic carbocycles. The molecule has 4 aromatic rings. The first-order valence-electron chi connectivity index (χ1n) is 13.4. The molecule has 210 valence electrons. The number of aromatic nitrogens is 5. The second-order valence-electron chi connectivity index (χ2n) is 11.1. The third-order valence-electron chi connectivity index (χ3n) is 7.38. The van der Waals surface area contributed by atoms with Crippen molar-refractivity contribution in [1.29, 1.82) is 0 Å². The number of nitrogens with one attached hydrogen (secondary N) is 1. The van der Waals surface area contributed by atoms with E-state index in [1.54, 1.807) is 30.5 Å². The molecule has 0 saturated heterocycles. The summed E-state index contributed by atoms with van der Waals surface area (Å²) in [5.41, 5.74) is 6.15. The van der Waals surface area contributed by atoms with Gasteiger partial charge in [-0.1, -0.05) is 38.1 Å². The first kappa shape index (κ1) is 28.2. The number of carbonyl (C=O) groups excluding carboxylic acids is 2. The molecule has 0 bridgehead atoms. The van der Waals surface area contributed by atoms with Crippen LogP contribution in [0.25, 0.3) is 22.4 Å². The highest BCUT2D eigenvalue weighted by molar-refractivity contribution is 6.33. The van der Waals surface area contributed by atoms with Gasteiger partial charge in [0.2, 0.25) is 11.8 Å². The Hall–Kier alpha value is -4.37. The molecule has 4 aromatic heterocycles. The van der Waals surface area contributed by atoms with E-state index in [0.717, 1.165) is 52.3 Å². The van der Waals surface area contributed by atoms with Crippen molar-refractivity contribution in [3.8, 4) is 22.4 Å². The summed E-state index contributed by atoms with van der Waals surface area (Å²) in [6.45, 7) is 10.9. The zero-order chi connectivity index (χ0) is 29.3. The maximum Gasteiger partial charge on any atom is 0.243 e. The Morgan fingerprint density at radius 1 is 1.12 bits per heavy atom. The second-order valence-corrected chi connectivity index (χ2v) is 11.5. The van der Waals surface area contributed by atoms with Crippen molar-refractivity contribution in [2.45, 2.75) is 46.2 Å². The molecule has 0 aliphatic carbocycles. The molecule has 10 heteroatoms. The highest BCUT2D eigenvalue weighted by Crippen LogP contribution is 2.39. The highest BCUT2D eigenvalue weighted by atomic mass is 35.5. The number of hydrogen-bond acceptors (Lipinski definition) is 6. The summed E-state index contributed by atoms with van der Waals surface area (Å²) in [6, 6.07) is 9.36. The summed E-state index contributed by atoms with van der Waals surface area (Å²) in [5.74, 6) is -0.300. The van der Waals surface area contributed by atoms with Gasteiger partial charge in [0.25, 0.3) is 0 Å². The Kier molecular flexibility index (Phi) is 7.73. The number of likely N-dealkylation sites (N-methyl/N-ethyl adjacent to an activating group) is 1. The average molecular weight is 570 g/mol. The van der Waals surface area contributed by atoms with E-state index in [9.17, 15) is 9.59 Å². The van der Waals surface area contributed by atoms with Crippen LogP contribution < -0.4 is 10.2 Å². The molecule has 0 fully saturated rings. The molecule has 1 atom stereocenters. The number of carbonyl (C=O) groups is 2. The van der Waals surface area contributed by atoms with Gasteiger partial charge >= 0.3 is 0 Å². The number of rotatable bonds is 8. The maximum absolute atomic E-state index is 13.5. The Labute approximate surface area is 244 Å². The van der Waals surface area contributed by atoms with Crippen LogP contribution in [0.4, 0.5) is 5.82 Å². The van der Waals surface area contributed by atoms with Crippen LogP contribution in [0.2, 0.25) is 5.02 Å². The van der Waals surface area contributed by atoms with Crippen LogP contribution in [0, 0.1) is 5.41 Å². The minimum Gasteiger partial charge on any atom is -0.347 e. The number of nitrogens with zero attached hydrogens (tertiary/aromatic N) is 6. The molecule has 9 nitrogen and oxygen atoms in total. The fourth-order valence-corrected chi connectivity index (χ4v) is 5.20. The first-order valence-corrected chi connectivity index (χ1v) is 13.7. The topological polar surface area (TPSA) is 106 Å². The average Bonchev–Trinajstić information content (AvgIpc) is 3.50. The van der Waals surface area contributed by atoms with Crippen LogP contribution in [0.15, 0.2) is 67.8 Å². The van der Waals surface area contributed by atoms with Crippen molar-refractivity contribution in [1.82, 2.24) is 30.0 Å². The SMILES string of the molecule is C=CC(=O)NCc1ccc(-c2ccc([C@@H](C)C(=O)N(C)c3cc(-c4cnn5c4CC(C)(C)C5)c(Cl)cn3)cn2)cn1. The molecule has 0 spiro atoms. The van der Waals surface area contributed by atoms with Crippen molar-refractivity contribution >= 4 is 29.2 Å². The summed E-state index contributed by atoms with van der Waals surface area (Å²) in [7, 11) is 1.72. The summed E-state index contributed by atoms with van der Waals surface area (Å²) in [5, 5.41) is 7.79. The van der Waals surface area contributed by atoms with E-state index in [2.05, 4.69) is 45.8 Å². The third-order valence-corrected chi connectivity index (χ3v) is 7.69. The Balaban J connectivity index is 1.29. The van der Waals surface area contributed by atoms with Crippen LogP contribution in [0.5, 0.6) is 0 Å². The van der Waals surface area contributed by atoms with Gasteiger partial charge in [-0.25, -0.2) is 4.98 Å². The predicted molar refractivity (Wildman–Crippen MR) is 159 cm³/mol. The van der Waals surface area contributed by atoms with E-state index in [1.807, 2.05) is 48.1 Å². The molecule has 0 radical (unpaired) electrons. The Morgan fingerprint density at radius 3 is 2.61 bits per heavy atom. The number of anilines is 1. The van der Waals surface area contributed by atoms with Crippen molar-refractivity contribution < 1.29 is 9.59 Å². The largest absolute Gasteiger partial charge is 0.347 e. The number of hydrogen-bond donors (Lipinski definition) is 1. The van der Waals surface area contributed by atoms with Crippen LogP contribution in [-0.4, -0.2) is 43.6 Å². The van der Waals surface area contributed by atoms with Gasteiger partial charge in [-0.05, 0) is 54.7 Å². The predicted octanol–water partition coefficient (Wildman–Crippen LogP) is 5.21. The monoisotopic (exact) mass is 569 g/mol. The lowest BCUT2D eigenvalue weighted by Crippen LogP contribution is -2.31. The third kappa shape index (κ3) is 5.90. The van der Waals surface area contributed by atoms with Crippen LogP contribution in [0.3, 0.4) is 0 Å². The van der Waals surface area contributed by atoms with Gasteiger partial charge in [0, 0.05) is 54.6 Å². The van der Waals surface area contributed by atoms with Crippen molar-refractivity contribution in [2.24, 2.45) is 5.41 Å². The van der Waals surface area contributed by atoms with Crippen LogP contribution in [0.1, 0.15) is 43.6 Å². The van der Waals surface area contributed by atoms with Crippen molar-refractivity contribution in [2.75, 3.05) is 11.9 Å². The summed E-state index contributed by atoms with van der Waals surface area (Å²) >= 11 is 6.58. The van der Waals surface area contributed by atoms with Crippen LogP contribution >= 0.6 is 11.6 Å². The molecule has 41 heavy (non-hydrogen) atoms. The molecule has 5 heterocycles. The molecule has 1 aliphatic rings. The zero-order valence-corrected chi connectivity index (χ0v) is 24.3. The van der Waals surface area contributed by atoms with Gasteiger partial charge in [0.1, 0.15) is 5.82 Å². The number of pyridine rings is 3. The Morgan fingerprint density at radius 2 is 1.93 bits per heavy atom. The minimum absolute atomic E-state index is 0.116. The van der Waals surface area contributed by atoms with E-state index in [-0.39, 0.29) is 17.2 Å². The fourth-order valence-electron chi connectivity index (χ4n) is 5.00. The van der Waals surface area contributed by atoms with Gasteiger partial charge in [0.05, 0.1) is 35.1 Å². The first-order chi connectivity index (χ1) is 19.6. The normalized spacial score (nSPS) is 14.3. The molecule has 0 unspecified atom stereocenters. The van der Waals surface area contributed by atoms with Gasteiger partial charge < -0.3 is 5.32 Å². The number of amides is 2. The molecular formula is C31H32ClN7O2. The van der Waals surface area contributed by atoms with E-state index in [4.69, 9.17) is 11.6 Å². The molecule has 5 rings (SSSR count). The zero-order valence-electron chi connectivity index (χ0n) is 23.6. The lowest BCUT2D eigenvalue weighted by atomic mass is 9.89.